The van der Waals surface area contributed by atoms with Crippen molar-refractivity contribution in [1.29, 1.82) is 0 Å². The molecule has 0 amide bonds. The zero-order chi connectivity index (χ0) is 40.8. The van der Waals surface area contributed by atoms with Gasteiger partial charge in [0.05, 0.1) is 16.8 Å². The number of hydrogen-bond donors (Lipinski definition) is 0. The summed E-state index contributed by atoms with van der Waals surface area (Å²) in [6, 6.07) is 78.7. The summed E-state index contributed by atoms with van der Waals surface area (Å²) >= 11 is 0. The lowest BCUT2D eigenvalue weighted by atomic mass is 9.65. The Labute approximate surface area is 359 Å². The first-order valence-electron chi connectivity index (χ1n) is 21.2. The third kappa shape index (κ3) is 5.06. The lowest BCUT2D eigenvalue weighted by Gasteiger charge is -2.35. The fourth-order valence-corrected chi connectivity index (χ4v) is 10.4. The molecule has 0 saturated heterocycles. The van der Waals surface area contributed by atoms with E-state index >= 15 is 0 Å². The molecule has 2 aromatic heterocycles. The lowest BCUT2D eigenvalue weighted by Crippen LogP contribution is -2.29. The van der Waals surface area contributed by atoms with Crippen LogP contribution >= 0.6 is 0 Å². The number of rotatable bonds is 4. The Morgan fingerprint density at radius 1 is 0.290 bits per heavy atom. The molecule has 0 bridgehead atoms. The zero-order valence-corrected chi connectivity index (χ0v) is 33.6. The van der Waals surface area contributed by atoms with E-state index in [1.54, 1.807) is 0 Å². The number of furan rings is 1. The quantitative estimate of drug-likeness (QED) is 0.178. The van der Waals surface area contributed by atoms with E-state index in [0.717, 1.165) is 61.1 Å². The summed E-state index contributed by atoms with van der Waals surface area (Å²) < 4.78 is 6.41. The van der Waals surface area contributed by atoms with Crippen molar-refractivity contribution in [3.8, 4) is 78.4 Å². The molecule has 62 heavy (non-hydrogen) atoms. The van der Waals surface area contributed by atoms with Crippen LogP contribution in [0.15, 0.2) is 223 Å². The Morgan fingerprint density at radius 3 is 1.48 bits per heavy atom. The number of fused-ring (bicyclic) bond motifs is 15. The van der Waals surface area contributed by atoms with Crippen LogP contribution in [0.4, 0.5) is 0 Å². The lowest BCUT2D eigenvalue weighted by molar-refractivity contribution is 0.669. The summed E-state index contributed by atoms with van der Waals surface area (Å²) in [6.07, 6.45) is 0. The van der Waals surface area contributed by atoms with Gasteiger partial charge in [0.1, 0.15) is 11.2 Å². The molecule has 288 valence electrons. The van der Waals surface area contributed by atoms with E-state index in [-0.39, 0.29) is 0 Å². The van der Waals surface area contributed by atoms with E-state index in [1.807, 2.05) is 12.1 Å². The summed E-state index contributed by atoms with van der Waals surface area (Å²) in [6.45, 7) is 0. The summed E-state index contributed by atoms with van der Waals surface area (Å²) in [7, 11) is 0. The molecule has 0 fully saturated rings. The molecule has 0 atom stereocenters. The standard InChI is InChI=1S/C59H36N2O/c1-2-15-37(16-3-1)38-17-14-18-39(33-38)54-36-55(40-29-32-49-48-24-9-13-28-56(48)62-57(49)35-40)61-58(60-54)41-30-31-47-43-20-5-4-19-42(43)44-21-6-10-25-50(44)59(53(47)34-41)51-26-11-7-22-45(51)46-23-8-12-27-52(46)59/h1-36H. The van der Waals surface area contributed by atoms with Gasteiger partial charge in [-0.25, -0.2) is 9.97 Å². The van der Waals surface area contributed by atoms with Crippen molar-refractivity contribution in [2.45, 2.75) is 5.41 Å². The molecule has 0 radical (unpaired) electrons. The zero-order valence-electron chi connectivity index (χ0n) is 33.6. The van der Waals surface area contributed by atoms with Gasteiger partial charge in [0.2, 0.25) is 0 Å². The first-order chi connectivity index (χ1) is 30.7. The predicted molar refractivity (Wildman–Crippen MR) is 253 cm³/mol. The van der Waals surface area contributed by atoms with Gasteiger partial charge >= 0.3 is 0 Å². The number of para-hydroxylation sites is 1. The molecule has 13 rings (SSSR count). The van der Waals surface area contributed by atoms with Gasteiger partial charge in [0, 0.05) is 27.5 Å². The Morgan fingerprint density at radius 2 is 0.790 bits per heavy atom. The van der Waals surface area contributed by atoms with Gasteiger partial charge in [-0.2, -0.15) is 0 Å². The van der Waals surface area contributed by atoms with Gasteiger partial charge in [-0.3, -0.25) is 0 Å². The van der Waals surface area contributed by atoms with Crippen molar-refractivity contribution in [1.82, 2.24) is 9.97 Å². The van der Waals surface area contributed by atoms with Crippen molar-refractivity contribution in [2.24, 2.45) is 0 Å². The summed E-state index contributed by atoms with van der Waals surface area (Å²) in [5.74, 6) is 0.663. The average molecular weight is 789 g/mol. The number of benzene rings is 9. The second-order valence-corrected chi connectivity index (χ2v) is 16.4. The van der Waals surface area contributed by atoms with E-state index in [4.69, 9.17) is 14.4 Å². The maximum Gasteiger partial charge on any atom is 0.160 e. The molecule has 0 unspecified atom stereocenters. The third-order valence-electron chi connectivity index (χ3n) is 13.1. The van der Waals surface area contributed by atoms with Crippen LogP contribution in [0.25, 0.3) is 100 Å². The van der Waals surface area contributed by atoms with Gasteiger partial charge in [-0.15, -0.1) is 0 Å². The fraction of sp³-hybridized carbons (Fsp3) is 0.0169. The Kier molecular flexibility index (Phi) is 7.52. The highest BCUT2D eigenvalue weighted by atomic mass is 16.3. The Balaban J connectivity index is 1.09. The molecule has 9 aromatic carbocycles. The Bertz CT molecular complexity index is 3550. The van der Waals surface area contributed by atoms with E-state index in [1.165, 1.54) is 55.6 Å². The minimum Gasteiger partial charge on any atom is -0.456 e. The minimum atomic E-state index is -0.606. The van der Waals surface area contributed by atoms with E-state index in [2.05, 4.69) is 206 Å². The highest BCUT2D eigenvalue weighted by Crippen LogP contribution is 2.61. The minimum absolute atomic E-state index is 0.606. The van der Waals surface area contributed by atoms with Gasteiger partial charge in [-0.05, 0) is 103 Å². The van der Waals surface area contributed by atoms with Gasteiger partial charge < -0.3 is 4.42 Å². The van der Waals surface area contributed by atoms with Crippen LogP contribution in [0.2, 0.25) is 0 Å². The fourth-order valence-electron chi connectivity index (χ4n) is 10.4. The van der Waals surface area contributed by atoms with Crippen LogP contribution < -0.4 is 0 Å². The number of aromatic nitrogens is 2. The van der Waals surface area contributed by atoms with Gasteiger partial charge in [0.25, 0.3) is 0 Å². The maximum atomic E-state index is 6.41. The van der Waals surface area contributed by atoms with E-state index < -0.39 is 5.41 Å². The van der Waals surface area contributed by atoms with Crippen LogP contribution in [0.5, 0.6) is 0 Å². The number of nitrogens with zero attached hydrogens (tertiary/aromatic N) is 2. The van der Waals surface area contributed by atoms with Crippen molar-refractivity contribution in [3.63, 3.8) is 0 Å². The smallest absolute Gasteiger partial charge is 0.160 e. The summed E-state index contributed by atoms with van der Waals surface area (Å²) in [4.78, 5) is 10.9. The second kappa shape index (κ2) is 13.4. The van der Waals surface area contributed by atoms with Crippen molar-refractivity contribution >= 4 is 21.9 Å². The number of hydrogen-bond acceptors (Lipinski definition) is 3. The van der Waals surface area contributed by atoms with Crippen molar-refractivity contribution in [3.05, 3.63) is 241 Å². The van der Waals surface area contributed by atoms with Crippen LogP contribution in [0, 0.1) is 0 Å². The molecule has 0 N–H and O–H groups in total. The van der Waals surface area contributed by atoms with Crippen LogP contribution in [-0.2, 0) is 5.41 Å². The predicted octanol–water partition coefficient (Wildman–Crippen LogP) is 15.1. The summed E-state index contributed by atoms with van der Waals surface area (Å²) in [5.41, 5.74) is 20.5. The van der Waals surface area contributed by atoms with Crippen molar-refractivity contribution in [2.75, 3.05) is 0 Å². The van der Waals surface area contributed by atoms with Gasteiger partial charge in [-0.1, -0.05) is 182 Å². The monoisotopic (exact) mass is 788 g/mol. The molecule has 3 nitrogen and oxygen atoms in total. The highest BCUT2D eigenvalue weighted by molar-refractivity contribution is 6.06. The van der Waals surface area contributed by atoms with Crippen LogP contribution in [-0.4, -0.2) is 9.97 Å². The maximum absolute atomic E-state index is 6.41. The SMILES string of the molecule is c1ccc(-c2cccc(-c3cc(-c4ccc5c(c4)oc4ccccc45)nc(-c4ccc5c(c4)C4(c6ccccc6-c6ccccc6-5)c5ccccc5-c5ccccc54)n3)c2)cc1. The van der Waals surface area contributed by atoms with E-state index in [0.29, 0.717) is 5.82 Å². The Hall–Kier alpha value is -8.14. The first kappa shape index (κ1) is 34.7. The topological polar surface area (TPSA) is 38.9 Å². The van der Waals surface area contributed by atoms with Gasteiger partial charge in [0.15, 0.2) is 5.82 Å². The molecule has 2 aliphatic rings. The van der Waals surface area contributed by atoms with Crippen LogP contribution in [0.3, 0.4) is 0 Å². The molecule has 11 aromatic rings. The molecule has 2 aliphatic carbocycles. The second-order valence-electron chi connectivity index (χ2n) is 16.4. The third-order valence-corrected chi connectivity index (χ3v) is 13.1. The molecule has 0 saturated carbocycles. The molecular weight excluding hydrogens is 753 g/mol. The first-order valence-corrected chi connectivity index (χ1v) is 21.2. The largest absolute Gasteiger partial charge is 0.456 e. The normalized spacial score (nSPS) is 13.0. The van der Waals surface area contributed by atoms with E-state index in [9.17, 15) is 0 Å². The van der Waals surface area contributed by atoms with Crippen LogP contribution in [0.1, 0.15) is 22.3 Å². The summed E-state index contributed by atoms with van der Waals surface area (Å²) in [5, 5.41) is 2.19. The molecular formula is C59H36N2O. The molecule has 1 spiro atoms. The molecule has 2 heterocycles. The average Bonchev–Trinajstić information content (AvgIpc) is 3.84. The molecule has 0 aliphatic heterocycles. The molecule has 3 heteroatoms. The highest BCUT2D eigenvalue weighted by Gasteiger charge is 2.49. The van der Waals surface area contributed by atoms with Crippen molar-refractivity contribution < 1.29 is 4.42 Å².